The van der Waals surface area contributed by atoms with Crippen LogP contribution in [0.3, 0.4) is 0 Å². The van der Waals surface area contributed by atoms with Gasteiger partial charge in [-0.3, -0.25) is 0 Å². The molecule has 0 amide bonds. The second-order valence-electron chi connectivity index (χ2n) is 2.56. The normalized spacial score (nSPS) is 7.30. The fourth-order valence-electron chi connectivity index (χ4n) is 0.223. The molecule has 0 aromatic rings. The van der Waals surface area contributed by atoms with Gasteiger partial charge >= 0.3 is 0 Å². The predicted molar refractivity (Wildman–Crippen MR) is 90.5 cm³/mol. The number of rotatable bonds is 3. The zero-order valence-corrected chi connectivity index (χ0v) is 11.2. The summed E-state index contributed by atoms with van der Waals surface area (Å²) < 4.78 is 0. The summed E-state index contributed by atoms with van der Waals surface area (Å²) in [6, 6.07) is 3.98. The van der Waals surface area contributed by atoms with Crippen LogP contribution in [0.4, 0.5) is 0 Å². The molecular formula is C17H29N3. The highest BCUT2D eigenvalue weighted by atomic mass is 14.2. The SMILES string of the molecule is C.C.C#N.C/C=C\CC#N.C=CC(C)C#N.C=CC=C. The van der Waals surface area contributed by atoms with Crippen LogP contribution in [0.5, 0.6) is 0 Å². The van der Waals surface area contributed by atoms with E-state index < -0.39 is 0 Å². The van der Waals surface area contributed by atoms with Gasteiger partial charge in [-0.15, -0.1) is 6.58 Å². The van der Waals surface area contributed by atoms with Crippen LogP contribution in [0.1, 0.15) is 35.1 Å². The minimum atomic E-state index is 0. The van der Waals surface area contributed by atoms with Gasteiger partial charge in [-0.25, -0.2) is 5.26 Å². The van der Waals surface area contributed by atoms with E-state index in [0.29, 0.717) is 6.42 Å². The molecule has 0 saturated heterocycles. The first-order chi connectivity index (χ1) is 8.64. The molecule has 0 spiro atoms. The fourth-order valence-corrected chi connectivity index (χ4v) is 0.223. The molecule has 0 rings (SSSR count). The van der Waals surface area contributed by atoms with Crippen molar-refractivity contribution in [2.75, 3.05) is 0 Å². The molecule has 0 bridgehead atoms. The summed E-state index contributed by atoms with van der Waals surface area (Å²) in [6.07, 6.45) is 9.11. The highest BCUT2D eigenvalue weighted by Crippen LogP contribution is 1.87. The van der Waals surface area contributed by atoms with Crippen LogP contribution in [0, 0.1) is 40.4 Å². The van der Waals surface area contributed by atoms with Crippen molar-refractivity contribution in [2.45, 2.75) is 35.1 Å². The molecule has 0 aromatic heterocycles. The summed E-state index contributed by atoms with van der Waals surface area (Å²) in [5.74, 6) is 0.00463. The highest BCUT2D eigenvalue weighted by molar-refractivity contribution is 4.91. The number of nitriles is 3. The topological polar surface area (TPSA) is 71.4 Å². The summed E-state index contributed by atoms with van der Waals surface area (Å²) >= 11 is 0. The first-order valence-corrected chi connectivity index (χ1v) is 5.14. The number of hydrogen-bond acceptors (Lipinski definition) is 3. The Morgan fingerprint density at radius 3 is 1.55 bits per heavy atom. The van der Waals surface area contributed by atoms with Crippen LogP contribution in [0.15, 0.2) is 50.1 Å². The molecule has 1 atom stereocenters. The Morgan fingerprint density at radius 1 is 1.10 bits per heavy atom. The molecule has 0 fully saturated rings. The Hall–Kier alpha value is -2.57. The lowest BCUT2D eigenvalue weighted by molar-refractivity contribution is 0.960. The van der Waals surface area contributed by atoms with Crippen LogP contribution < -0.4 is 0 Å². The molecule has 0 aliphatic carbocycles. The quantitative estimate of drug-likeness (QED) is 0.498. The van der Waals surface area contributed by atoms with Gasteiger partial charge in [-0.1, -0.05) is 58.4 Å². The summed E-state index contributed by atoms with van der Waals surface area (Å²) in [7, 11) is 0. The van der Waals surface area contributed by atoms with Crippen molar-refractivity contribution in [1.29, 1.82) is 15.8 Å². The lowest BCUT2D eigenvalue weighted by Crippen LogP contribution is -1.76. The van der Waals surface area contributed by atoms with Crippen LogP contribution in [0.25, 0.3) is 0 Å². The fraction of sp³-hybridized carbons (Fsp3) is 0.353. The maximum absolute atomic E-state index is 8.01. The molecular weight excluding hydrogens is 246 g/mol. The third-order valence-electron chi connectivity index (χ3n) is 1.17. The van der Waals surface area contributed by atoms with Crippen molar-refractivity contribution in [3.05, 3.63) is 50.1 Å². The van der Waals surface area contributed by atoms with Gasteiger partial charge in [-0.2, -0.15) is 10.5 Å². The van der Waals surface area contributed by atoms with Crippen molar-refractivity contribution in [2.24, 2.45) is 5.92 Å². The van der Waals surface area contributed by atoms with E-state index in [9.17, 15) is 0 Å². The first-order valence-electron chi connectivity index (χ1n) is 5.14. The van der Waals surface area contributed by atoms with Gasteiger partial charge < -0.3 is 0 Å². The molecule has 0 aromatic carbocycles. The van der Waals surface area contributed by atoms with E-state index in [1.807, 2.05) is 31.2 Å². The van der Waals surface area contributed by atoms with E-state index in [2.05, 4.69) is 26.3 Å². The third kappa shape index (κ3) is 109. The zero-order chi connectivity index (χ0) is 15.2. The molecule has 0 radical (unpaired) electrons. The van der Waals surface area contributed by atoms with Crippen molar-refractivity contribution in [3.8, 4) is 18.7 Å². The smallest absolute Gasteiger partial charge is 0.0694 e. The average Bonchev–Trinajstić information content (AvgIpc) is 2.47. The Kier molecular flexibility index (Phi) is 99.1. The van der Waals surface area contributed by atoms with Gasteiger partial charge in [0.05, 0.1) is 24.5 Å². The zero-order valence-electron chi connectivity index (χ0n) is 11.2. The van der Waals surface area contributed by atoms with Crippen LogP contribution in [-0.2, 0) is 0 Å². The number of nitrogens with zero attached hydrogens (tertiary/aromatic N) is 3. The van der Waals surface area contributed by atoms with Crippen molar-refractivity contribution in [1.82, 2.24) is 0 Å². The Morgan fingerprint density at radius 2 is 1.50 bits per heavy atom. The Labute approximate surface area is 126 Å². The number of allylic oxidation sites excluding steroid dienone is 5. The van der Waals surface area contributed by atoms with Crippen LogP contribution in [-0.4, -0.2) is 0 Å². The summed E-state index contributed by atoms with van der Waals surface area (Å²) in [5, 5.41) is 22.4. The molecule has 0 saturated carbocycles. The molecule has 0 aliphatic heterocycles. The molecule has 1 unspecified atom stereocenters. The molecule has 0 heterocycles. The van der Waals surface area contributed by atoms with E-state index in [1.54, 1.807) is 25.2 Å². The third-order valence-corrected chi connectivity index (χ3v) is 1.17. The van der Waals surface area contributed by atoms with Crippen LogP contribution >= 0.6 is 0 Å². The van der Waals surface area contributed by atoms with Gasteiger partial charge in [0.25, 0.3) is 0 Å². The highest BCUT2D eigenvalue weighted by Gasteiger charge is 1.83. The van der Waals surface area contributed by atoms with E-state index in [0.717, 1.165) is 0 Å². The molecule has 3 heteroatoms. The maximum Gasteiger partial charge on any atom is 0.0694 e. The Bertz CT molecular complexity index is 305. The van der Waals surface area contributed by atoms with E-state index in [-0.39, 0.29) is 20.8 Å². The van der Waals surface area contributed by atoms with E-state index >= 15 is 0 Å². The van der Waals surface area contributed by atoms with E-state index in [1.165, 1.54) is 0 Å². The van der Waals surface area contributed by atoms with Gasteiger partial charge in [0.1, 0.15) is 0 Å². The average molecular weight is 275 g/mol. The van der Waals surface area contributed by atoms with Crippen LogP contribution in [0.2, 0.25) is 0 Å². The molecule has 0 aliphatic rings. The Balaban J connectivity index is -0.0000000335. The molecule has 20 heavy (non-hydrogen) atoms. The van der Waals surface area contributed by atoms with Crippen molar-refractivity contribution >= 4 is 0 Å². The lowest BCUT2D eigenvalue weighted by atomic mass is 10.2. The van der Waals surface area contributed by atoms with Crippen molar-refractivity contribution in [3.63, 3.8) is 0 Å². The lowest BCUT2D eigenvalue weighted by Gasteiger charge is -1.80. The minimum Gasteiger partial charge on any atom is -0.202 e. The summed E-state index contributed by atoms with van der Waals surface area (Å²) in [5.41, 5.74) is 0. The van der Waals surface area contributed by atoms with E-state index in [4.69, 9.17) is 15.8 Å². The van der Waals surface area contributed by atoms with Gasteiger partial charge in [0.2, 0.25) is 0 Å². The molecule has 0 N–H and O–H groups in total. The standard InChI is InChI=1S/2C5H7N.C4H6.CHN.2CH4/c1-3-5(2)4-6;1-2-3-4-5-6;1-3-4-2;1-2;;/h3,5H,1H2,2H3;2-3H,4H2,1H3;3-4H,1-2H2;1H;2*1H4/b;3-2-;;;;. The monoisotopic (exact) mass is 275 g/mol. The van der Waals surface area contributed by atoms with Gasteiger partial charge in [0.15, 0.2) is 0 Å². The van der Waals surface area contributed by atoms with Crippen molar-refractivity contribution < 1.29 is 0 Å². The second kappa shape index (κ2) is 55.0. The largest absolute Gasteiger partial charge is 0.202 e. The predicted octanol–water partition coefficient (Wildman–Crippen LogP) is 5.58. The van der Waals surface area contributed by atoms with Gasteiger partial charge in [0, 0.05) is 6.57 Å². The summed E-state index contributed by atoms with van der Waals surface area (Å²) in [4.78, 5) is 0. The minimum absolute atomic E-state index is 0. The second-order valence-corrected chi connectivity index (χ2v) is 2.56. The first kappa shape index (κ1) is 36.0. The van der Waals surface area contributed by atoms with Gasteiger partial charge in [-0.05, 0) is 13.8 Å². The summed E-state index contributed by atoms with van der Waals surface area (Å²) in [6.45, 7) is 17.3. The molecule has 3 nitrogen and oxygen atoms in total. The number of hydrogen-bond donors (Lipinski definition) is 0. The maximum atomic E-state index is 8.01. The molecule has 112 valence electrons.